The predicted octanol–water partition coefficient (Wildman–Crippen LogP) is 3.12. The summed E-state index contributed by atoms with van der Waals surface area (Å²) in [6.45, 7) is 2.20. The average Bonchev–Trinajstić information content (AvgIpc) is 2.96. The first-order chi connectivity index (χ1) is 6.73. The zero-order valence-electron chi connectivity index (χ0n) is 9.26. The van der Waals surface area contributed by atoms with Crippen LogP contribution >= 0.6 is 0 Å². The van der Waals surface area contributed by atoms with Gasteiger partial charge >= 0.3 is 0 Å². The fraction of sp³-hybridized carbons (Fsp3) is 0.846. The molecule has 1 rings (SSSR count). The molecular weight excluding hydrogens is 172 g/mol. The minimum absolute atomic E-state index is 0.500. The molecule has 0 heterocycles. The molecule has 14 heavy (non-hydrogen) atoms. The van der Waals surface area contributed by atoms with Crippen LogP contribution in [0.5, 0.6) is 0 Å². The molecule has 0 aromatic carbocycles. The molecular formula is C13H22O. The van der Waals surface area contributed by atoms with E-state index < -0.39 is 5.60 Å². The van der Waals surface area contributed by atoms with Gasteiger partial charge in [0.2, 0.25) is 0 Å². The predicted molar refractivity (Wildman–Crippen MR) is 59.9 cm³/mol. The Balaban J connectivity index is 2.25. The second-order valence-corrected chi connectivity index (χ2v) is 4.57. The molecule has 1 heteroatoms. The number of hydrogen-bond donors (Lipinski definition) is 1. The van der Waals surface area contributed by atoms with Crippen molar-refractivity contribution in [2.75, 3.05) is 0 Å². The van der Waals surface area contributed by atoms with E-state index in [1.807, 2.05) is 0 Å². The topological polar surface area (TPSA) is 20.2 Å². The summed E-state index contributed by atoms with van der Waals surface area (Å²) in [5.41, 5.74) is -0.525. The van der Waals surface area contributed by atoms with E-state index in [-0.39, 0.29) is 0 Å². The van der Waals surface area contributed by atoms with Gasteiger partial charge in [-0.1, -0.05) is 32.6 Å². The van der Waals surface area contributed by atoms with Crippen LogP contribution in [0.25, 0.3) is 0 Å². The molecule has 1 atom stereocenters. The first-order valence-corrected chi connectivity index (χ1v) is 5.89. The van der Waals surface area contributed by atoms with Gasteiger partial charge in [-0.3, -0.25) is 0 Å². The standard InChI is InChI=1S/C13H22O/c1-3-5-6-7-11-13(14,10-4-2)12-8-9-12/h2,12,14H,3,5-11H2,1H3. The zero-order valence-corrected chi connectivity index (χ0v) is 9.26. The van der Waals surface area contributed by atoms with Gasteiger partial charge in [0.25, 0.3) is 0 Å². The summed E-state index contributed by atoms with van der Waals surface area (Å²) in [7, 11) is 0. The van der Waals surface area contributed by atoms with Gasteiger partial charge in [-0.05, 0) is 25.2 Å². The number of aliphatic hydroxyl groups is 1. The van der Waals surface area contributed by atoms with Crippen molar-refractivity contribution in [3.05, 3.63) is 0 Å². The van der Waals surface area contributed by atoms with Crippen molar-refractivity contribution >= 4 is 0 Å². The number of terminal acetylenes is 1. The van der Waals surface area contributed by atoms with Crippen LogP contribution in [0.15, 0.2) is 0 Å². The van der Waals surface area contributed by atoms with Gasteiger partial charge in [0.1, 0.15) is 0 Å². The third-order valence-electron chi connectivity index (χ3n) is 3.21. The van der Waals surface area contributed by atoms with Crippen LogP contribution in [0.3, 0.4) is 0 Å². The van der Waals surface area contributed by atoms with E-state index in [1.165, 1.54) is 32.1 Å². The van der Waals surface area contributed by atoms with Crippen molar-refractivity contribution in [3.63, 3.8) is 0 Å². The summed E-state index contributed by atoms with van der Waals surface area (Å²) in [5.74, 6) is 3.12. The van der Waals surface area contributed by atoms with Gasteiger partial charge in [0, 0.05) is 6.42 Å². The largest absolute Gasteiger partial charge is 0.389 e. The maximum Gasteiger partial charge on any atom is 0.0784 e. The van der Waals surface area contributed by atoms with Crippen LogP contribution in [0, 0.1) is 18.3 Å². The van der Waals surface area contributed by atoms with Crippen LogP contribution in [0.2, 0.25) is 0 Å². The van der Waals surface area contributed by atoms with Crippen molar-refractivity contribution in [1.29, 1.82) is 0 Å². The molecule has 1 unspecified atom stereocenters. The smallest absolute Gasteiger partial charge is 0.0784 e. The summed E-state index contributed by atoms with van der Waals surface area (Å²) in [5, 5.41) is 10.3. The minimum atomic E-state index is -0.525. The van der Waals surface area contributed by atoms with Gasteiger partial charge in [0.05, 0.1) is 5.60 Å². The Labute approximate surface area is 87.9 Å². The summed E-state index contributed by atoms with van der Waals surface area (Å²) in [6, 6.07) is 0. The summed E-state index contributed by atoms with van der Waals surface area (Å²) < 4.78 is 0. The van der Waals surface area contributed by atoms with E-state index in [4.69, 9.17) is 6.42 Å². The number of rotatable bonds is 7. The van der Waals surface area contributed by atoms with E-state index in [0.29, 0.717) is 12.3 Å². The molecule has 80 valence electrons. The zero-order chi connectivity index (χ0) is 10.4. The maximum absolute atomic E-state index is 10.3. The molecule has 0 aromatic heterocycles. The lowest BCUT2D eigenvalue weighted by Gasteiger charge is -2.26. The summed E-state index contributed by atoms with van der Waals surface area (Å²) >= 11 is 0. The molecule has 0 aliphatic heterocycles. The molecule has 0 amide bonds. The molecule has 0 saturated heterocycles. The molecule has 0 spiro atoms. The highest BCUT2D eigenvalue weighted by atomic mass is 16.3. The Morgan fingerprint density at radius 1 is 1.36 bits per heavy atom. The lowest BCUT2D eigenvalue weighted by molar-refractivity contribution is 0.0115. The van der Waals surface area contributed by atoms with Crippen LogP contribution in [0.4, 0.5) is 0 Å². The van der Waals surface area contributed by atoms with Crippen molar-refractivity contribution in [2.45, 2.75) is 63.9 Å². The first-order valence-electron chi connectivity index (χ1n) is 5.89. The van der Waals surface area contributed by atoms with Crippen LogP contribution in [-0.2, 0) is 0 Å². The second kappa shape index (κ2) is 5.41. The fourth-order valence-corrected chi connectivity index (χ4v) is 2.09. The summed E-state index contributed by atoms with van der Waals surface area (Å²) in [4.78, 5) is 0. The van der Waals surface area contributed by atoms with Crippen molar-refractivity contribution in [1.82, 2.24) is 0 Å². The van der Waals surface area contributed by atoms with Crippen molar-refractivity contribution in [3.8, 4) is 12.3 Å². The lowest BCUT2D eigenvalue weighted by Crippen LogP contribution is -2.30. The van der Waals surface area contributed by atoms with Crippen molar-refractivity contribution < 1.29 is 5.11 Å². The van der Waals surface area contributed by atoms with E-state index in [0.717, 1.165) is 12.8 Å². The number of unbranched alkanes of at least 4 members (excludes halogenated alkanes) is 3. The quantitative estimate of drug-likeness (QED) is 0.487. The SMILES string of the molecule is C#CCC(O)(CCCCCC)C1CC1. The molecule has 0 aromatic rings. The maximum atomic E-state index is 10.3. The highest BCUT2D eigenvalue weighted by Gasteiger charge is 2.42. The molecule has 1 aliphatic rings. The van der Waals surface area contributed by atoms with Gasteiger partial charge in [0.15, 0.2) is 0 Å². The highest BCUT2D eigenvalue weighted by molar-refractivity contribution is 5.02. The van der Waals surface area contributed by atoms with Crippen LogP contribution in [-0.4, -0.2) is 10.7 Å². The minimum Gasteiger partial charge on any atom is -0.389 e. The molecule has 1 aliphatic carbocycles. The van der Waals surface area contributed by atoms with Crippen LogP contribution in [0.1, 0.15) is 58.3 Å². The Bertz CT molecular complexity index is 200. The van der Waals surface area contributed by atoms with E-state index in [2.05, 4.69) is 12.8 Å². The molecule has 0 radical (unpaired) electrons. The Hall–Kier alpha value is -0.480. The average molecular weight is 194 g/mol. The number of hydrogen-bond acceptors (Lipinski definition) is 1. The molecule has 0 bridgehead atoms. The van der Waals surface area contributed by atoms with Gasteiger partial charge in [-0.15, -0.1) is 12.3 Å². The third-order valence-corrected chi connectivity index (χ3v) is 3.21. The van der Waals surface area contributed by atoms with Crippen molar-refractivity contribution in [2.24, 2.45) is 5.92 Å². The van der Waals surface area contributed by atoms with E-state index >= 15 is 0 Å². The molecule has 1 N–H and O–H groups in total. The van der Waals surface area contributed by atoms with E-state index in [9.17, 15) is 5.11 Å². The Morgan fingerprint density at radius 2 is 2.07 bits per heavy atom. The van der Waals surface area contributed by atoms with E-state index in [1.54, 1.807) is 0 Å². The fourth-order valence-electron chi connectivity index (χ4n) is 2.09. The van der Waals surface area contributed by atoms with Crippen LogP contribution < -0.4 is 0 Å². The second-order valence-electron chi connectivity index (χ2n) is 4.57. The Kier molecular flexibility index (Phi) is 4.48. The van der Waals surface area contributed by atoms with Gasteiger partial charge in [-0.2, -0.15) is 0 Å². The highest BCUT2D eigenvalue weighted by Crippen LogP contribution is 2.44. The lowest BCUT2D eigenvalue weighted by atomic mass is 9.88. The van der Waals surface area contributed by atoms with Gasteiger partial charge in [-0.25, -0.2) is 0 Å². The molecule has 1 nitrogen and oxygen atoms in total. The molecule has 1 saturated carbocycles. The molecule has 1 fully saturated rings. The normalized spacial score (nSPS) is 20.1. The van der Waals surface area contributed by atoms with Gasteiger partial charge < -0.3 is 5.11 Å². The monoisotopic (exact) mass is 194 g/mol. The third kappa shape index (κ3) is 3.35. The Morgan fingerprint density at radius 3 is 2.57 bits per heavy atom. The summed E-state index contributed by atoms with van der Waals surface area (Å²) in [6.07, 6.45) is 14.0. The first kappa shape index (κ1) is 11.6.